The number of hydrogen-bond donors (Lipinski definition) is 0. The van der Waals surface area contributed by atoms with Gasteiger partial charge in [-0.15, -0.1) is 0 Å². The Bertz CT molecular complexity index is 613. The second-order valence-electron chi connectivity index (χ2n) is 4.93. The van der Waals surface area contributed by atoms with Crippen LogP contribution in [0.25, 0.3) is 0 Å². The molecule has 4 nitrogen and oxygen atoms in total. The predicted molar refractivity (Wildman–Crippen MR) is 87.6 cm³/mol. The lowest BCUT2D eigenvalue weighted by Gasteiger charge is -2.24. The van der Waals surface area contributed by atoms with Crippen LogP contribution in [0.15, 0.2) is 54.6 Å². The van der Waals surface area contributed by atoms with Gasteiger partial charge in [0.2, 0.25) is 0 Å². The lowest BCUT2D eigenvalue weighted by molar-refractivity contribution is -0.125. The Morgan fingerprint density at radius 1 is 1.09 bits per heavy atom. The fraction of sp³-hybridized carbons (Fsp3) is 0.278. The van der Waals surface area contributed by atoms with Crippen molar-refractivity contribution >= 4 is 11.6 Å². The Hall–Kier alpha value is -2.49. The summed E-state index contributed by atoms with van der Waals surface area (Å²) in [5, 5.41) is 0. The summed E-state index contributed by atoms with van der Waals surface area (Å²) >= 11 is 0. The maximum absolute atomic E-state index is 12.6. The van der Waals surface area contributed by atoms with Crippen molar-refractivity contribution in [1.82, 2.24) is 0 Å². The number of methoxy groups -OCH3 is 1. The van der Waals surface area contributed by atoms with Gasteiger partial charge in [0.15, 0.2) is 6.10 Å². The molecule has 0 radical (unpaired) electrons. The number of ether oxygens (including phenoxy) is 2. The number of para-hydroxylation sites is 1. The predicted octanol–water partition coefficient (Wildman–Crippen LogP) is 3.52. The highest BCUT2D eigenvalue weighted by Crippen LogP contribution is 2.22. The monoisotopic (exact) mass is 299 g/mol. The molecule has 0 spiro atoms. The van der Waals surface area contributed by atoms with Crippen LogP contribution >= 0.6 is 0 Å². The molecule has 116 valence electrons. The zero-order valence-corrected chi connectivity index (χ0v) is 13.2. The summed E-state index contributed by atoms with van der Waals surface area (Å²) in [6, 6.07) is 16.8. The van der Waals surface area contributed by atoms with Crippen LogP contribution in [0, 0.1) is 0 Å². The van der Waals surface area contributed by atoms with Crippen molar-refractivity contribution in [3.8, 4) is 11.5 Å². The van der Waals surface area contributed by atoms with Crippen molar-refractivity contribution in [2.45, 2.75) is 19.4 Å². The minimum Gasteiger partial charge on any atom is -0.497 e. The van der Waals surface area contributed by atoms with E-state index >= 15 is 0 Å². The fourth-order valence-corrected chi connectivity index (χ4v) is 2.14. The van der Waals surface area contributed by atoms with E-state index in [-0.39, 0.29) is 5.91 Å². The highest BCUT2D eigenvalue weighted by molar-refractivity contribution is 5.96. The zero-order valence-electron chi connectivity index (χ0n) is 13.2. The number of carbonyl (C=O) groups is 1. The topological polar surface area (TPSA) is 38.8 Å². The molecule has 2 aromatic rings. The number of amides is 1. The summed E-state index contributed by atoms with van der Waals surface area (Å²) in [4.78, 5) is 14.2. The third-order valence-corrected chi connectivity index (χ3v) is 3.44. The lowest BCUT2D eigenvalue weighted by Crippen LogP contribution is -2.39. The average molecular weight is 299 g/mol. The SMILES string of the molecule is CC[C@@H](Oc1cccc(OC)c1)C(=O)N(C)c1ccccc1. The number of carbonyl (C=O) groups excluding carboxylic acids is 1. The van der Waals surface area contributed by atoms with Gasteiger partial charge in [-0.3, -0.25) is 4.79 Å². The van der Waals surface area contributed by atoms with E-state index in [1.165, 1.54) is 0 Å². The molecule has 1 amide bonds. The first kappa shape index (κ1) is 15.9. The van der Waals surface area contributed by atoms with E-state index in [0.717, 1.165) is 5.69 Å². The Morgan fingerprint density at radius 3 is 2.41 bits per heavy atom. The van der Waals surface area contributed by atoms with Gasteiger partial charge in [-0.1, -0.05) is 31.2 Å². The van der Waals surface area contributed by atoms with E-state index in [9.17, 15) is 4.79 Å². The average Bonchev–Trinajstić information content (AvgIpc) is 2.59. The minimum absolute atomic E-state index is 0.0727. The Morgan fingerprint density at radius 2 is 1.77 bits per heavy atom. The van der Waals surface area contributed by atoms with E-state index in [2.05, 4.69) is 0 Å². The van der Waals surface area contributed by atoms with Crippen molar-refractivity contribution < 1.29 is 14.3 Å². The molecule has 2 aromatic carbocycles. The van der Waals surface area contributed by atoms with Crippen molar-refractivity contribution in [1.29, 1.82) is 0 Å². The molecule has 0 aliphatic rings. The molecule has 1 atom stereocenters. The number of rotatable bonds is 6. The highest BCUT2D eigenvalue weighted by atomic mass is 16.5. The highest BCUT2D eigenvalue weighted by Gasteiger charge is 2.23. The quantitative estimate of drug-likeness (QED) is 0.819. The van der Waals surface area contributed by atoms with Gasteiger partial charge in [0.1, 0.15) is 11.5 Å². The summed E-state index contributed by atoms with van der Waals surface area (Å²) < 4.78 is 11.0. The van der Waals surface area contributed by atoms with Crippen LogP contribution in [0.2, 0.25) is 0 Å². The van der Waals surface area contributed by atoms with E-state index < -0.39 is 6.10 Å². The third kappa shape index (κ3) is 3.79. The lowest BCUT2D eigenvalue weighted by atomic mass is 10.2. The van der Waals surface area contributed by atoms with Crippen LogP contribution in [0.3, 0.4) is 0 Å². The van der Waals surface area contributed by atoms with Crippen molar-refractivity contribution in [2.24, 2.45) is 0 Å². The smallest absolute Gasteiger partial charge is 0.267 e. The normalized spacial score (nSPS) is 11.6. The van der Waals surface area contributed by atoms with Gasteiger partial charge in [0, 0.05) is 18.8 Å². The molecule has 0 saturated heterocycles. The van der Waals surface area contributed by atoms with Gasteiger partial charge >= 0.3 is 0 Å². The van der Waals surface area contributed by atoms with Crippen molar-refractivity contribution in [2.75, 3.05) is 19.1 Å². The number of anilines is 1. The molecule has 0 saturated carbocycles. The molecule has 0 aliphatic carbocycles. The molecule has 0 N–H and O–H groups in total. The standard InChI is InChI=1S/C18H21NO3/c1-4-17(22-16-12-8-11-15(13-16)21-3)18(20)19(2)14-9-6-5-7-10-14/h5-13,17H,4H2,1-3H3/t17-/m1/s1. The first-order chi connectivity index (χ1) is 10.7. The summed E-state index contributed by atoms with van der Waals surface area (Å²) in [6.07, 6.45) is 0.0602. The van der Waals surface area contributed by atoms with E-state index in [1.54, 1.807) is 25.1 Å². The Labute approximate surface area is 131 Å². The molecule has 0 aromatic heterocycles. The van der Waals surface area contributed by atoms with Gasteiger partial charge in [-0.05, 0) is 30.7 Å². The molecule has 0 bridgehead atoms. The van der Waals surface area contributed by atoms with Gasteiger partial charge in [-0.2, -0.15) is 0 Å². The van der Waals surface area contributed by atoms with E-state index in [0.29, 0.717) is 17.9 Å². The molecule has 0 aliphatic heterocycles. The van der Waals surface area contributed by atoms with Gasteiger partial charge in [0.25, 0.3) is 5.91 Å². The number of likely N-dealkylation sites (N-methyl/N-ethyl adjacent to an activating group) is 1. The van der Waals surface area contributed by atoms with Crippen LogP contribution in [0.4, 0.5) is 5.69 Å². The second-order valence-corrected chi connectivity index (χ2v) is 4.93. The van der Waals surface area contributed by atoms with Crippen LogP contribution in [0.1, 0.15) is 13.3 Å². The Kier molecular flexibility index (Phi) is 5.42. The molecule has 0 heterocycles. The maximum Gasteiger partial charge on any atom is 0.267 e. The summed E-state index contributed by atoms with van der Waals surface area (Å²) in [6.45, 7) is 1.93. The van der Waals surface area contributed by atoms with Crippen molar-refractivity contribution in [3.05, 3.63) is 54.6 Å². The number of nitrogens with zero attached hydrogens (tertiary/aromatic N) is 1. The molecule has 4 heteroatoms. The summed E-state index contributed by atoms with van der Waals surface area (Å²) in [7, 11) is 3.36. The largest absolute Gasteiger partial charge is 0.497 e. The van der Waals surface area contributed by atoms with Gasteiger partial charge in [-0.25, -0.2) is 0 Å². The third-order valence-electron chi connectivity index (χ3n) is 3.44. The van der Waals surface area contributed by atoms with E-state index in [4.69, 9.17) is 9.47 Å². The van der Waals surface area contributed by atoms with Crippen LogP contribution in [-0.2, 0) is 4.79 Å². The van der Waals surface area contributed by atoms with Crippen LogP contribution in [-0.4, -0.2) is 26.2 Å². The second kappa shape index (κ2) is 7.50. The van der Waals surface area contributed by atoms with Gasteiger partial charge < -0.3 is 14.4 Å². The molecular weight excluding hydrogens is 278 g/mol. The molecule has 2 rings (SSSR count). The van der Waals surface area contributed by atoms with Crippen LogP contribution < -0.4 is 14.4 Å². The van der Waals surface area contributed by atoms with E-state index in [1.807, 2.05) is 55.5 Å². The minimum atomic E-state index is -0.530. The zero-order chi connectivity index (χ0) is 15.9. The molecule has 22 heavy (non-hydrogen) atoms. The van der Waals surface area contributed by atoms with Gasteiger partial charge in [0.05, 0.1) is 7.11 Å². The molecule has 0 unspecified atom stereocenters. The summed E-state index contributed by atoms with van der Waals surface area (Å²) in [5.74, 6) is 1.26. The molecular formula is C18H21NO3. The first-order valence-electron chi connectivity index (χ1n) is 7.29. The fourth-order valence-electron chi connectivity index (χ4n) is 2.14. The first-order valence-corrected chi connectivity index (χ1v) is 7.29. The summed E-state index contributed by atoms with van der Waals surface area (Å²) in [5.41, 5.74) is 0.847. The molecule has 0 fully saturated rings. The van der Waals surface area contributed by atoms with Crippen LogP contribution in [0.5, 0.6) is 11.5 Å². The Balaban J connectivity index is 2.11. The number of hydrogen-bond acceptors (Lipinski definition) is 3. The van der Waals surface area contributed by atoms with Crippen molar-refractivity contribution in [3.63, 3.8) is 0 Å². The maximum atomic E-state index is 12.6. The number of benzene rings is 2.